The van der Waals surface area contributed by atoms with Gasteiger partial charge >= 0.3 is 0 Å². The molecule has 1 aromatic heterocycles. The third-order valence-corrected chi connectivity index (χ3v) is 4.26. The van der Waals surface area contributed by atoms with Crippen LogP contribution in [0.25, 0.3) is 10.9 Å². The molecule has 134 valence electrons. The molecule has 0 radical (unpaired) electrons. The molecule has 7 heteroatoms. The number of hydrogen-bond donors (Lipinski definition) is 3. The SMILES string of the molecule is O=C(CCc1nc2cc(Cl)ccc2c(=O)[nH]1)N[C@H](CO)c1ccccc1. The Morgan fingerprint density at radius 1 is 1.23 bits per heavy atom. The van der Waals surface area contributed by atoms with Crippen LogP contribution in [0.1, 0.15) is 23.9 Å². The summed E-state index contributed by atoms with van der Waals surface area (Å²) in [5, 5.41) is 13.2. The van der Waals surface area contributed by atoms with Crippen LogP contribution in [-0.4, -0.2) is 27.6 Å². The average molecular weight is 372 g/mol. The zero-order chi connectivity index (χ0) is 18.5. The van der Waals surface area contributed by atoms with Crippen molar-refractivity contribution in [3.8, 4) is 0 Å². The molecule has 0 aliphatic heterocycles. The van der Waals surface area contributed by atoms with Gasteiger partial charge in [0.15, 0.2) is 0 Å². The number of rotatable bonds is 6. The van der Waals surface area contributed by atoms with E-state index in [0.717, 1.165) is 5.56 Å². The topological polar surface area (TPSA) is 95.1 Å². The molecular weight excluding hydrogens is 354 g/mol. The maximum absolute atomic E-state index is 12.2. The number of nitrogens with one attached hydrogen (secondary N) is 2. The highest BCUT2D eigenvalue weighted by atomic mass is 35.5. The van der Waals surface area contributed by atoms with E-state index < -0.39 is 6.04 Å². The lowest BCUT2D eigenvalue weighted by molar-refractivity contribution is -0.122. The van der Waals surface area contributed by atoms with Gasteiger partial charge in [0, 0.05) is 17.9 Å². The Morgan fingerprint density at radius 2 is 2.00 bits per heavy atom. The predicted molar refractivity (Wildman–Crippen MR) is 100 cm³/mol. The first kappa shape index (κ1) is 18.1. The van der Waals surface area contributed by atoms with Gasteiger partial charge in [-0.25, -0.2) is 4.98 Å². The maximum Gasteiger partial charge on any atom is 0.258 e. The highest BCUT2D eigenvalue weighted by Crippen LogP contribution is 2.15. The molecule has 3 aromatic rings. The summed E-state index contributed by atoms with van der Waals surface area (Å²) in [5.74, 6) is 0.182. The molecule has 0 spiro atoms. The number of carbonyl (C=O) groups excluding carboxylic acids is 1. The number of nitrogens with zero attached hydrogens (tertiary/aromatic N) is 1. The second-order valence-electron chi connectivity index (χ2n) is 5.89. The molecule has 26 heavy (non-hydrogen) atoms. The van der Waals surface area contributed by atoms with Gasteiger partial charge < -0.3 is 15.4 Å². The fourth-order valence-electron chi connectivity index (χ4n) is 2.70. The van der Waals surface area contributed by atoms with Gasteiger partial charge in [-0.1, -0.05) is 41.9 Å². The number of aromatic amines is 1. The maximum atomic E-state index is 12.2. The van der Waals surface area contributed by atoms with E-state index in [0.29, 0.717) is 21.7 Å². The van der Waals surface area contributed by atoms with E-state index in [1.807, 2.05) is 30.3 Å². The van der Waals surface area contributed by atoms with Gasteiger partial charge in [0.05, 0.1) is 23.6 Å². The summed E-state index contributed by atoms with van der Waals surface area (Å²) in [6.07, 6.45) is 0.412. The van der Waals surface area contributed by atoms with E-state index in [4.69, 9.17) is 11.6 Å². The first-order valence-corrected chi connectivity index (χ1v) is 8.58. The van der Waals surface area contributed by atoms with Gasteiger partial charge in [0.1, 0.15) is 5.82 Å². The number of benzene rings is 2. The van der Waals surface area contributed by atoms with Crippen LogP contribution in [-0.2, 0) is 11.2 Å². The standard InChI is InChI=1S/C19H18ClN3O3/c20-13-6-7-14-15(10-13)21-17(23-19(14)26)8-9-18(25)22-16(11-24)12-4-2-1-3-5-12/h1-7,10,16,24H,8-9,11H2,(H,22,25)(H,21,23,26)/t16-/m1/s1. The predicted octanol–water partition coefficient (Wildman–Crippen LogP) is 2.36. The Hall–Kier alpha value is -2.70. The summed E-state index contributed by atoms with van der Waals surface area (Å²) in [5.41, 5.74) is 1.06. The number of amides is 1. The number of aliphatic hydroxyl groups excluding tert-OH is 1. The lowest BCUT2D eigenvalue weighted by Crippen LogP contribution is -2.31. The molecule has 0 saturated heterocycles. The Labute approximate surface area is 154 Å². The molecule has 0 aliphatic rings. The van der Waals surface area contributed by atoms with Crippen LogP contribution in [0.15, 0.2) is 53.3 Å². The van der Waals surface area contributed by atoms with Crippen LogP contribution in [0, 0.1) is 0 Å². The van der Waals surface area contributed by atoms with Crippen molar-refractivity contribution in [2.75, 3.05) is 6.61 Å². The van der Waals surface area contributed by atoms with Crippen molar-refractivity contribution in [3.63, 3.8) is 0 Å². The average Bonchev–Trinajstić information content (AvgIpc) is 2.64. The molecule has 0 bridgehead atoms. The summed E-state index contributed by atoms with van der Waals surface area (Å²) in [6, 6.07) is 13.6. The molecule has 0 aliphatic carbocycles. The van der Waals surface area contributed by atoms with E-state index >= 15 is 0 Å². The summed E-state index contributed by atoms with van der Waals surface area (Å²) >= 11 is 5.94. The fourth-order valence-corrected chi connectivity index (χ4v) is 2.86. The number of aliphatic hydroxyl groups is 1. The Balaban J connectivity index is 1.67. The number of carbonyl (C=O) groups is 1. The fraction of sp³-hybridized carbons (Fsp3) is 0.211. The van der Waals surface area contributed by atoms with Gasteiger partial charge in [-0.3, -0.25) is 9.59 Å². The molecule has 0 saturated carbocycles. The van der Waals surface area contributed by atoms with Crippen LogP contribution in [0.2, 0.25) is 5.02 Å². The summed E-state index contributed by atoms with van der Waals surface area (Å²) in [4.78, 5) is 31.3. The number of aryl methyl sites for hydroxylation is 1. The number of H-pyrrole nitrogens is 1. The summed E-state index contributed by atoms with van der Waals surface area (Å²) in [7, 11) is 0. The van der Waals surface area contributed by atoms with Crippen molar-refractivity contribution in [3.05, 3.63) is 75.3 Å². The molecule has 1 heterocycles. The van der Waals surface area contributed by atoms with Crippen molar-refractivity contribution >= 4 is 28.4 Å². The van der Waals surface area contributed by atoms with Crippen molar-refractivity contribution in [1.29, 1.82) is 0 Å². The molecule has 2 aromatic carbocycles. The van der Waals surface area contributed by atoms with Gasteiger partial charge in [-0.05, 0) is 23.8 Å². The number of halogens is 1. The van der Waals surface area contributed by atoms with Gasteiger partial charge in [0.25, 0.3) is 5.56 Å². The summed E-state index contributed by atoms with van der Waals surface area (Å²) < 4.78 is 0. The van der Waals surface area contributed by atoms with E-state index in [1.165, 1.54) is 0 Å². The smallest absolute Gasteiger partial charge is 0.258 e. The van der Waals surface area contributed by atoms with E-state index in [-0.39, 0.29) is 30.9 Å². The first-order chi connectivity index (χ1) is 12.6. The molecule has 6 nitrogen and oxygen atoms in total. The van der Waals surface area contributed by atoms with Crippen LogP contribution in [0.5, 0.6) is 0 Å². The second-order valence-corrected chi connectivity index (χ2v) is 6.32. The van der Waals surface area contributed by atoms with E-state index in [2.05, 4.69) is 15.3 Å². The molecule has 1 amide bonds. The highest BCUT2D eigenvalue weighted by molar-refractivity contribution is 6.31. The quantitative estimate of drug-likeness (QED) is 0.620. The first-order valence-electron chi connectivity index (χ1n) is 8.20. The number of aromatic nitrogens is 2. The van der Waals surface area contributed by atoms with Crippen molar-refractivity contribution in [2.24, 2.45) is 0 Å². The van der Waals surface area contributed by atoms with Crippen LogP contribution in [0.4, 0.5) is 0 Å². The van der Waals surface area contributed by atoms with Crippen LogP contribution < -0.4 is 10.9 Å². The molecule has 3 N–H and O–H groups in total. The normalized spacial score (nSPS) is 12.1. The minimum Gasteiger partial charge on any atom is -0.394 e. The molecule has 0 unspecified atom stereocenters. The zero-order valence-corrected chi connectivity index (χ0v) is 14.7. The largest absolute Gasteiger partial charge is 0.394 e. The monoisotopic (exact) mass is 371 g/mol. The number of hydrogen-bond acceptors (Lipinski definition) is 4. The highest BCUT2D eigenvalue weighted by Gasteiger charge is 2.14. The van der Waals surface area contributed by atoms with Gasteiger partial charge in [-0.15, -0.1) is 0 Å². The third kappa shape index (κ3) is 4.28. The minimum absolute atomic E-state index is 0.137. The minimum atomic E-state index is -0.467. The van der Waals surface area contributed by atoms with Crippen LogP contribution in [0.3, 0.4) is 0 Å². The van der Waals surface area contributed by atoms with E-state index in [1.54, 1.807) is 18.2 Å². The number of fused-ring (bicyclic) bond motifs is 1. The Morgan fingerprint density at radius 3 is 2.73 bits per heavy atom. The van der Waals surface area contributed by atoms with Crippen molar-refractivity contribution in [1.82, 2.24) is 15.3 Å². The Kier molecular flexibility index (Phi) is 5.65. The zero-order valence-electron chi connectivity index (χ0n) is 13.9. The molecular formula is C19H18ClN3O3. The summed E-state index contributed by atoms with van der Waals surface area (Å²) in [6.45, 7) is -0.195. The van der Waals surface area contributed by atoms with E-state index in [9.17, 15) is 14.7 Å². The lowest BCUT2D eigenvalue weighted by atomic mass is 10.1. The Bertz CT molecular complexity index is 973. The second kappa shape index (κ2) is 8.12. The third-order valence-electron chi connectivity index (χ3n) is 4.03. The van der Waals surface area contributed by atoms with Gasteiger partial charge in [0.2, 0.25) is 5.91 Å². The van der Waals surface area contributed by atoms with Crippen molar-refractivity contribution < 1.29 is 9.90 Å². The lowest BCUT2D eigenvalue weighted by Gasteiger charge is -2.16. The van der Waals surface area contributed by atoms with Crippen LogP contribution >= 0.6 is 11.6 Å². The molecule has 3 rings (SSSR count). The van der Waals surface area contributed by atoms with Gasteiger partial charge in [-0.2, -0.15) is 0 Å². The molecule has 1 atom stereocenters. The molecule has 0 fully saturated rings. The van der Waals surface area contributed by atoms with Crippen molar-refractivity contribution in [2.45, 2.75) is 18.9 Å².